The second-order valence-corrected chi connectivity index (χ2v) is 5.64. The summed E-state index contributed by atoms with van der Waals surface area (Å²) in [7, 11) is 0. The van der Waals surface area contributed by atoms with Gasteiger partial charge in [-0.15, -0.1) is 11.3 Å². The quantitative estimate of drug-likeness (QED) is 0.550. The zero-order valence-electron chi connectivity index (χ0n) is 11.5. The lowest BCUT2D eigenvalue weighted by molar-refractivity contribution is -0.143. The lowest BCUT2D eigenvalue weighted by Crippen LogP contribution is -2.06. The van der Waals surface area contributed by atoms with Crippen LogP contribution in [-0.4, -0.2) is 17.6 Å². The van der Waals surface area contributed by atoms with E-state index in [1.54, 1.807) is 23.7 Å². The molecule has 2 aromatic heterocycles. The molecule has 0 aliphatic carbocycles. The van der Waals surface area contributed by atoms with E-state index in [0.717, 1.165) is 25.7 Å². The van der Waals surface area contributed by atoms with Crippen LogP contribution in [-0.2, 0) is 22.4 Å². The summed E-state index contributed by atoms with van der Waals surface area (Å²) < 4.78 is 5.23. The second-order valence-electron chi connectivity index (χ2n) is 4.61. The largest absolute Gasteiger partial charge is 0.466 e. The molecule has 2 aromatic rings. The van der Waals surface area contributed by atoms with Gasteiger partial charge in [-0.3, -0.25) is 9.78 Å². The van der Waals surface area contributed by atoms with E-state index in [1.807, 2.05) is 18.2 Å². The normalized spacial score (nSPS) is 10.4. The van der Waals surface area contributed by atoms with Crippen LogP contribution in [0.2, 0.25) is 0 Å². The number of aromatic nitrogens is 1. The molecule has 0 unspecified atom stereocenters. The molecule has 4 heteroatoms. The smallest absolute Gasteiger partial charge is 0.305 e. The van der Waals surface area contributed by atoms with Crippen molar-refractivity contribution < 1.29 is 9.53 Å². The fourth-order valence-corrected chi connectivity index (χ4v) is 2.70. The third-order valence-corrected chi connectivity index (χ3v) is 3.94. The number of thiophene rings is 1. The summed E-state index contributed by atoms with van der Waals surface area (Å²) in [5.74, 6) is -0.0868. The number of carbonyl (C=O) groups is 1. The Hall–Kier alpha value is -1.68. The minimum absolute atomic E-state index is 0.0868. The minimum Gasteiger partial charge on any atom is -0.466 e. The van der Waals surface area contributed by atoms with Crippen molar-refractivity contribution in [1.82, 2.24) is 4.98 Å². The number of hydrogen-bond donors (Lipinski definition) is 0. The van der Waals surface area contributed by atoms with Gasteiger partial charge in [-0.1, -0.05) is 6.07 Å². The van der Waals surface area contributed by atoms with Crippen LogP contribution < -0.4 is 0 Å². The highest BCUT2D eigenvalue weighted by Crippen LogP contribution is 2.12. The Morgan fingerprint density at radius 1 is 1.15 bits per heavy atom. The van der Waals surface area contributed by atoms with Crippen LogP contribution in [0.5, 0.6) is 0 Å². The molecule has 0 radical (unpaired) electrons. The summed E-state index contributed by atoms with van der Waals surface area (Å²) in [6, 6.07) is 8.12. The van der Waals surface area contributed by atoms with Crippen molar-refractivity contribution in [3.8, 4) is 0 Å². The molecule has 2 rings (SSSR count). The predicted octanol–water partition coefficient (Wildman–Crippen LogP) is 3.64. The summed E-state index contributed by atoms with van der Waals surface area (Å²) in [6.45, 7) is 0.500. The van der Waals surface area contributed by atoms with E-state index >= 15 is 0 Å². The van der Waals surface area contributed by atoms with Gasteiger partial charge in [0.2, 0.25) is 0 Å². The lowest BCUT2D eigenvalue weighted by atomic mass is 10.1. The van der Waals surface area contributed by atoms with Crippen LogP contribution >= 0.6 is 11.3 Å². The van der Waals surface area contributed by atoms with E-state index in [9.17, 15) is 4.79 Å². The molecule has 0 atom stereocenters. The van der Waals surface area contributed by atoms with E-state index < -0.39 is 0 Å². The van der Waals surface area contributed by atoms with Crippen LogP contribution in [0.15, 0.2) is 42.0 Å². The van der Waals surface area contributed by atoms with Gasteiger partial charge >= 0.3 is 5.97 Å². The van der Waals surface area contributed by atoms with Crippen LogP contribution in [0.25, 0.3) is 0 Å². The fourth-order valence-electron chi connectivity index (χ4n) is 1.95. The van der Waals surface area contributed by atoms with Gasteiger partial charge in [0.25, 0.3) is 0 Å². The zero-order chi connectivity index (χ0) is 14.0. The number of carbonyl (C=O) groups excluding carboxylic acids is 1. The van der Waals surface area contributed by atoms with Gasteiger partial charge in [0.05, 0.1) is 6.61 Å². The maximum absolute atomic E-state index is 11.6. The number of pyridine rings is 1. The maximum atomic E-state index is 11.6. The zero-order valence-corrected chi connectivity index (χ0v) is 12.3. The minimum atomic E-state index is -0.0868. The first-order valence-electron chi connectivity index (χ1n) is 6.91. The number of aryl methyl sites for hydroxylation is 2. The van der Waals surface area contributed by atoms with Gasteiger partial charge in [0.15, 0.2) is 0 Å². The average Bonchev–Trinajstić information content (AvgIpc) is 2.98. The molecule has 106 valence electrons. The number of nitrogens with zero attached hydrogens (tertiary/aromatic N) is 1. The van der Waals surface area contributed by atoms with Crippen molar-refractivity contribution in [3.05, 3.63) is 52.5 Å². The van der Waals surface area contributed by atoms with Crippen LogP contribution in [0.3, 0.4) is 0 Å². The molecule has 0 bridgehead atoms. The van der Waals surface area contributed by atoms with E-state index in [0.29, 0.717) is 13.0 Å². The molecule has 0 spiro atoms. The fraction of sp³-hybridized carbons (Fsp3) is 0.375. The van der Waals surface area contributed by atoms with E-state index in [1.165, 1.54) is 10.4 Å². The summed E-state index contributed by atoms with van der Waals surface area (Å²) in [6.07, 6.45) is 7.68. The molecule has 3 nitrogen and oxygen atoms in total. The standard InChI is InChI=1S/C16H19NO2S/c18-16(7-1-5-15-6-3-13-20-15)19-12-2-4-14-8-10-17-11-9-14/h3,6,8-11,13H,1-2,4-5,7,12H2. The number of rotatable bonds is 8. The third-order valence-electron chi connectivity index (χ3n) is 3.01. The molecule has 0 fully saturated rings. The molecule has 0 aliphatic heterocycles. The first-order valence-corrected chi connectivity index (χ1v) is 7.79. The van der Waals surface area contributed by atoms with Crippen LogP contribution in [0.1, 0.15) is 29.7 Å². The van der Waals surface area contributed by atoms with Crippen molar-refractivity contribution in [2.75, 3.05) is 6.61 Å². The summed E-state index contributed by atoms with van der Waals surface area (Å²) in [5.41, 5.74) is 1.23. The Kier molecular flexibility index (Phi) is 6.24. The Labute approximate surface area is 123 Å². The maximum Gasteiger partial charge on any atom is 0.305 e. The molecule has 0 saturated heterocycles. The van der Waals surface area contributed by atoms with Gasteiger partial charge in [0.1, 0.15) is 0 Å². The van der Waals surface area contributed by atoms with Crippen LogP contribution in [0.4, 0.5) is 0 Å². The van der Waals surface area contributed by atoms with Crippen LogP contribution in [0, 0.1) is 0 Å². The molecule has 0 amide bonds. The highest BCUT2D eigenvalue weighted by molar-refractivity contribution is 7.09. The molecule has 0 aliphatic rings. The van der Waals surface area contributed by atoms with Crippen molar-refractivity contribution in [2.24, 2.45) is 0 Å². The van der Waals surface area contributed by atoms with E-state index in [4.69, 9.17) is 4.74 Å². The summed E-state index contributed by atoms with van der Waals surface area (Å²) in [4.78, 5) is 16.9. The highest BCUT2D eigenvalue weighted by Gasteiger charge is 2.03. The van der Waals surface area contributed by atoms with Crippen molar-refractivity contribution in [1.29, 1.82) is 0 Å². The average molecular weight is 289 g/mol. The second kappa shape index (κ2) is 8.48. The lowest BCUT2D eigenvalue weighted by Gasteiger charge is -2.04. The first kappa shape index (κ1) is 14.7. The molecule has 0 aromatic carbocycles. The molecular formula is C16H19NO2S. The molecule has 2 heterocycles. The first-order chi connectivity index (χ1) is 9.84. The van der Waals surface area contributed by atoms with E-state index in [2.05, 4.69) is 16.4 Å². The molecule has 0 N–H and O–H groups in total. The van der Waals surface area contributed by atoms with E-state index in [-0.39, 0.29) is 5.97 Å². The topological polar surface area (TPSA) is 39.2 Å². The SMILES string of the molecule is O=C(CCCc1cccs1)OCCCc1ccncc1. The number of ether oxygens (including phenoxy) is 1. The summed E-state index contributed by atoms with van der Waals surface area (Å²) in [5, 5.41) is 2.06. The highest BCUT2D eigenvalue weighted by atomic mass is 32.1. The molecule has 20 heavy (non-hydrogen) atoms. The number of esters is 1. The Morgan fingerprint density at radius 2 is 2.00 bits per heavy atom. The molecular weight excluding hydrogens is 270 g/mol. The Morgan fingerprint density at radius 3 is 2.75 bits per heavy atom. The Balaban J connectivity index is 1.52. The van der Waals surface area contributed by atoms with Gasteiger partial charge in [-0.2, -0.15) is 0 Å². The van der Waals surface area contributed by atoms with Crippen molar-refractivity contribution in [2.45, 2.75) is 32.1 Å². The third kappa shape index (κ3) is 5.53. The van der Waals surface area contributed by atoms with Gasteiger partial charge in [-0.05, 0) is 54.8 Å². The van der Waals surface area contributed by atoms with Crippen molar-refractivity contribution in [3.63, 3.8) is 0 Å². The Bertz CT molecular complexity index is 496. The summed E-state index contributed by atoms with van der Waals surface area (Å²) >= 11 is 1.74. The predicted molar refractivity (Wildman–Crippen MR) is 80.8 cm³/mol. The number of hydrogen-bond acceptors (Lipinski definition) is 4. The van der Waals surface area contributed by atoms with Gasteiger partial charge < -0.3 is 4.74 Å². The molecule has 0 saturated carbocycles. The van der Waals surface area contributed by atoms with Crippen molar-refractivity contribution >= 4 is 17.3 Å². The van der Waals surface area contributed by atoms with Gasteiger partial charge in [0, 0.05) is 23.7 Å². The van der Waals surface area contributed by atoms with Gasteiger partial charge in [-0.25, -0.2) is 0 Å². The monoisotopic (exact) mass is 289 g/mol.